The summed E-state index contributed by atoms with van der Waals surface area (Å²) in [6.45, 7) is 2.82. The van der Waals surface area contributed by atoms with E-state index in [1.807, 2.05) is 0 Å². The van der Waals surface area contributed by atoms with Crippen LogP contribution in [0.4, 0.5) is 4.39 Å². The third-order valence-electron chi connectivity index (χ3n) is 5.66. The molecule has 0 bridgehead atoms. The highest BCUT2D eigenvalue weighted by molar-refractivity contribution is 5.97. The molecule has 1 fully saturated rings. The van der Waals surface area contributed by atoms with Gasteiger partial charge < -0.3 is 19.9 Å². The highest BCUT2D eigenvalue weighted by Crippen LogP contribution is 2.40. The molecule has 1 atom stereocenters. The predicted octanol–water partition coefficient (Wildman–Crippen LogP) is 2.42. The van der Waals surface area contributed by atoms with Gasteiger partial charge in [0.2, 0.25) is 11.9 Å². The summed E-state index contributed by atoms with van der Waals surface area (Å²) in [6, 6.07) is 11.0. The quantitative estimate of drug-likeness (QED) is 0.681. The van der Waals surface area contributed by atoms with Gasteiger partial charge in [-0.1, -0.05) is 6.07 Å². The van der Waals surface area contributed by atoms with E-state index in [4.69, 9.17) is 19.9 Å². The summed E-state index contributed by atoms with van der Waals surface area (Å²) in [5, 5.41) is 0. The molecule has 2 N–H and O–H groups in total. The third kappa shape index (κ3) is 4.96. The molecule has 4 rings (SSSR count). The van der Waals surface area contributed by atoms with E-state index in [9.17, 15) is 14.0 Å². The number of nitrogens with two attached hydrogens (primary N) is 1. The van der Waals surface area contributed by atoms with E-state index in [-0.39, 0.29) is 24.1 Å². The summed E-state index contributed by atoms with van der Waals surface area (Å²) in [7, 11) is 0. The standard InChI is InChI=1S/C23H25FN2O5/c24-17-6-4-15(5-7-17)21(27)16-8-10-26(11-9-16)12-13-29-18-2-1-3-19-22(18)30-14-20(31-19)23(25)28/h1-7,16,20H,8-14H2,(H2,25,28). The Morgan fingerprint density at radius 3 is 2.58 bits per heavy atom. The number of Topliss-reactive ketones (excluding diaryl/α,β-unsaturated/α-hetero) is 1. The molecule has 0 aliphatic carbocycles. The lowest BCUT2D eigenvalue weighted by molar-refractivity contribution is -0.127. The Labute approximate surface area is 179 Å². The van der Waals surface area contributed by atoms with E-state index in [0.717, 1.165) is 25.9 Å². The van der Waals surface area contributed by atoms with Crippen molar-refractivity contribution in [2.24, 2.45) is 11.7 Å². The average Bonchev–Trinajstić information content (AvgIpc) is 2.79. The number of piperidine rings is 1. The smallest absolute Gasteiger partial charge is 0.262 e. The van der Waals surface area contributed by atoms with Gasteiger partial charge in [0.1, 0.15) is 19.0 Å². The Hall–Kier alpha value is -3.13. The first-order valence-corrected chi connectivity index (χ1v) is 10.4. The van der Waals surface area contributed by atoms with Crippen LogP contribution in [0.1, 0.15) is 23.2 Å². The lowest BCUT2D eigenvalue weighted by atomic mass is 9.89. The monoisotopic (exact) mass is 428 g/mol. The minimum Gasteiger partial charge on any atom is -0.488 e. The zero-order valence-corrected chi connectivity index (χ0v) is 17.1. The minimum absolute atomic E-state index is 0.0347. The fourth-order valence-electron chi connectivity index (χ4n) is 3.88. The number of amides is 1. The van der Waals surface area contributed by atoms with Crippen molar-refractivity contribution in [1.82, 2.24) is 4.90 Å². The van der Waals surface area contributed by atoms with E-state index in [2.05, 4.69) is 4.90 Å². The van der Waals surface area contributed by atoms with Crippen molar-refractivity contribution in [2.45, 2.75) is 18.9 Å². The Bertz CT molecular complexity index is 941. The van der Waals surface area contributed by atoms with Crippen LogP contribution in [0.5, 0.6) is 17.2 Å². The molecule has 1 amide bonds. The number of ketones is 1. The van der Waals surface area contributed by atoms with Crippen LogP contribution in [0.3, 0.4) is 0 Å². The number of primary amides is 1. The van der Waals surface area contributed by atoms with Gasteiger partial charge in [-0.3, -0.25) is 14.5 Å². The van der Waals surface area contributed by atoms with Crippen molar-refractivity contribution in [3.8, 4) is 17.2 Å². The lowest BCUT2D eigenvalue weighted by Gasteiger charge is -2.31. The normalized spacial score (nSPS) is 19.1. The van der Waals surface area contributed by atoms with E-state index in [1.54, 1.807) is 30.3 Å². The zero-order chi connectivity index (χ0) is 21.8. The molecule has 2 aromatic carbocycles. The SMILES string of the molecule is NC(=O)C1COc2c(OCCN3CCC(C(=O)c4ccc(F)cc4)CC3)cccc2O1. The zero-order valence-electron chi connectivity index (χ0n) is 17.1. The van der Waals surface area contributed by atoms with Crippen LogP contribution in [-0.4, -0.2) is 55.5 Å². The van der Waals surface area contributed by atoms with Crippen LogP contribution in [0.2, 0.25) is 0 Å². The number of halogens is 1. The van der Waals surface area contributed by atoms with Crippen molar-refractivity contribution in [3.05, 3.63) is 53.8 Å². The van der Waals surface area contributed by atoms with Gasteiger partial charge in [-0.05, 0) is 62.3 Å². The number of likely N-dealkylation sites (tertiary alicyclic amines) is 1. The molecular weight excluding hydrogens is 403 g/mol. The van der Waals surface area contributed by atoms with Gasteiger partial charge in [0.25, 0.3) is 5.91 Å². The molecule has 2 aliphatic rings. The molecule has 0 saturated carbocycles. The third-order valence-corrected chi connectivity index (χ3v) is 5.66. The molecule has 0 spiro atoms. The van der Waals surface area contributed by atoms with Crippen molar-refractivity contribution in [3.63, 3.8) is 0 Å². The molecule has 0 radical (unpaired) electrons. The fourth-order valence-corrected chi connectivity index (χ4v) is 3.88. The maximum absolute atomic E-state index is 13.1. The Balaban J connectivity index is 1.25. The van der Waals surface area contributed by atoms with Crippen molar-refractivity contribution in [1.29, 1.82) is 0 Å². The Morgan fingerprint density at radius 1 is 1.13 bits per heavy atom. The van der Waals surface area contributed by atoms with Crippen LogP contribution < -0.4 is 19.9 Å². The second kappa shape index (κ2) is 9.34. The minimum atomic E-state index is -0.804. The topological polar surface area (TPSA) is 91.1 Å². The number of carbonyl (C=O) groups is 2. The van der Waals surface area contributed by atoms with Crippen molar-refractivity contribution < 1.29 is 28.2 Å². The largest absolute Gasteiger partial charge is 0.488 e. The van der Waals surface area contributed by atoms with Crippen LogP contribution >= 0.6 is 0 Å². The summed E-state index contributed by atoms with van der Waals surface area (Å²) >= 11 is 0. The van der Waals surface area contributed by atoms with Crippen molar-refractivity contribution in [2.75, 3.05) is 32.8 Å². The van der Waals surface area contributed by atoms with Gasteiger partial charge in [-0.15, -0.1) is 0 Å². The second-order valence-electron chi connectivity index (χ2n) is 7.74. The molecule has 7 nitrogen and oxygen atoms in total. The van der Waals surface area contributed by atoms with Crippen LogP contribution in [0, 0.1) is 11.7 Å². The Kier molecular flexibility index (Phi) is 6.36. The molecule has 2 aliphatic heterocycles. The fraction of sp³-hybridized carbons (Fsp3) is 0.391. The van der Waals surface area contributed by atoms with Gasteiger partial charge in [0.15, 0.2) is 17.3 Å². The number of hydrogen-bond acceptors (Lipinski definition) is 6. The van der Waals surface area contributed by atoms with E-state index in [0.29, 0.717) is 36.0 Å². The number of ether oxygens (including phenoxy) is 3. The molecule has 1 unspecified atom stereocenters. The summed E-state index contributed by atoms with van der Waals surface area (Å²) in [5.41, 5.74) is 5.84. The lowest BCUT2D eigenvalue weighted by Crippen LogP contribution is -2.41. The number of para-hydroxylation sites is 1. The number of fused-ring (bicyclic) bond motifs is 1. The molecule has 1 saturated heterocycles. The van der Waals surface area contributed by atoms with E-state index < -0.39 is 12.0 Å². The number of carbonyl (C=O) groups excluding carboxylic acids is 2. The summed E-state index contributed by atoms with van der Waals surface area (Å²) in [5.74, 6) is 0.609. The number of benzene rings is 2. The van der Waals surface area contributed by atoms with Gasteiger partial charge in [0.05, 0.1) is 0 Å². The highest BCUT2D eigenvalue weighted by Gasteiger charge is 2.28. The van der Waals surface area contributed by atoms with Crippen LogP contribution in [0.25, 0.3) is 0 Å². The second-order valence-corrected chi connectivity index (χ2v) is 7.74. The first-order valence-electron chi connectivity index (χ1n) is 10.4. The van der Waals surface area contributed by atoms with Gasteiger partial charge in [0, 0.05) is 18.0 Å². The maximum atomic E-state index is 13.1. The summed E-state index contributed by atoms with van der Waals surface area (Å²) < 4.78 is 30.2. The number of nitrogens with zero attached hydrogens (tertiary/aromatic N) is 1. The molecule has 8 heteroatoms. The van der Waals surface area contributed by atoms with Gasteiger partial charge >= 0.3 is 0 Å². The molecule has 31 heavy (non-hydrogen) atoms. The predicted molar refractivity (Wildman–Crippen MR) is 111 cm³/mol. The molecule has 2 aromatic rings. The molecule has 164 valence electrons. The molecule has 2 heterocycles. The van der Waals surface area contributed by atoms with Crippen LogP contribution in [-0.2, 0) is 4.79 Å². The van der Waals surface area contributed by atoms with Gasteiger partial charge in [-0.25, -0.2) is 4.39 Å². The maximum Gasteiger partial charge on any atom is 0.262 e. The van der Waals surface area contributed by atoms with E-state index >= 15 is 0 Å². The van der Waals surface area contributed by atoms with E-state index in [1.165, 1.54) is 12.1 Å². The summed E-state index contributed by atoms with van der Waals surface area (Å²) in [6.07, 6.45) is 0.729. The van der Waals surface area contributed by atoms with Crippen molar-refractivity contribution >= 4 is 11.7 Å². The summed E-state index contributed by atoms with van der Waals surface area (Å²) in [4.78, 5) is 26.2. The first-order chi connectivity index (χ1) is 15.0. The molecular formula is C23H25FN2O5. The first kappa shape index (κ1) is 21.1. The Morgan fingerprint density at radius 2 is 1.87 bits per heavy atom. The van der Waals surface area contributed by atoms with Crippen LogP contribution in [0.15, 0.2) is 42.5 Å². The molecule has 0 aromatic heterocycles. The highest BCUT2D eigenvalue weighted by atomic mass is 19.1. The average molecular weight is 428 g/mol. The van der Waals surface area contributed by atoms with Gasteiger partial charge in [-0.2, -0.15) is 0 Å². The number of rotatable bonds is 7. The number of hydrogen-bond donors (Lipinski definition) is 1.